The fourth-order valence-corrected chi connectivity index (χ4v) is 10.3. The molecule has 2 heterocycles. The summed E-state index contributed by atoms with van der Waals surface area (Å²) in [6, 6.07) is 0. The SMILES string of the molecule is CN=C(N)NCCC/C=C/CCC[C@H](C)C[C@H](C)[C@H]1OC(=O)[C@H](C)[C@H](O)/C=C/[C@H](C)[C@H](O)C[C@H](O)[C@H](C)[C@@H](O)CC[C@H](C)[C@H](O)C[C@]2(O)O[C@H](C[C@@H](OC(=O)CC(=O)O)C[C@H](O)C[C@@H](O)[C@H](C)[C@H](O)/C=C/C=C/[C@@H]1C)C[C@H](O)[C@H]2O. The molecular weight excluding hydrogens is 1040 g/mol. The molecule has 0 unspecified atom stereocenters. The first kappa shape index (κ1) is 72.3. The molecule has 1 fully saturated rings. The van der Waals surface area contributed by atoms with Crippen molar-refractivity contribution in [3.63, 3.8) is 0 Å². The lowest BCUT2D eigenvalue weighted by atomic mass is 9.83. The van der Waals surface area contributed by atoms with Crippen LogP contribution in [-0.4, -0.2) is 184 Å². The molecule has 2 bridgehead atoms. The Morgan fingerprint density at radius 2 is 1.40 bits per heavy atom. The average molecular weight is 1140 g/mol. The van der Waals surface area contributed by atoms with E-state index in [1.807, 2.05) is 19.9 Å². The number of hydrogen-bond donors (Lipinski definition) is 14. The number of carbonyl (C=O) groups is 3. The van der Waals surface area contributed by atoms with Gasteiger partial charge in [-0.25, -0.2) is 0 Å². The second-order valence-electron chi connectivity index (χ2n) is 23.4. The number of carbonyl (C=O) groups excluding carboxylic acids is 2. The van der Waals surface area contributed by atoms with Gasteiger partial charge in [-0.1, -0.05) is 103 Å². The number of aliphatic hydroxyl groups excluding tert-OH is 10. The first-order valence-corrected chi connectivity index (χ1v) is 29.0. The Morgan fingerprint density at radius 1 is 0.762 bits per heavy atom. The molecular formula is C59H103N3O18. The normalized spacial score (nSPS) is 38.9. The van der Waals surface area contributed by atoms with Crippen LogP contribution in [0.1, 0.15) is 152 Å². The number of ether oxygens (including phenoxy) is 3. The largest absolute Gasteiger partial charge is 0.481 e. The maximum Gasteiger partial charge on any atom is 0.317 e. The number of hydrogen-bond acceptors (Lipinski definition) is 18. The van der Waals surface area contributed by atoms with Crippen LogP contribution in [0.5, 0.6) is 0 Å². The van der Waals surface area contributed by atoms with Gasteiger partial charge in [-0.3, -0.25) is 19.4 Å². The highest BCUT2D eigenvalue weighted by molar-refractivity contribution is 5.90. The number of guanidine groups is 1. The van der Waals surface area contributed by atoms with Gasteiger partial charge in [0.05, 0.1) is 67.0 Å². The Morgan fingerprint density at radius 3 is 2.05 bits per heavy atom. The van der Waals surface area contributed by atoms with Crippen molar-refractivity contribution in [2.45, 2.75) is 237 Å². The Bertz CT molecular complexity index is 1960. The highest BCUT2D eigenvalue weighted by Gasteiger charge is 2.50. The average Bonchev–Trinajstić information content (AvgIpc) is 3.38. The topological polar surface area (TPSA) is 372 Å². The molecule has 21 heteroatoms. The van der Waals surface area contributed by atoms with Gasteiger partial charge in [0.15, 0.2) is 11.7 Å². The van der Waals surface area contributed by atoms with E-state index < -0.39 is 145 Å². The minimum absolute atomic E-state index is 0.0716. The number of nitrogens with zero attached hydrogens (tertiary/aromatic N) is 1. The molecule has 0 spiro atoms. The summed E-state index contributed by atoms with van der Waals surface area (Å²) in [5, 5.41) is 135. The van der Waals surface area contributed by atoms with E-state index in [1.54, 1.807) is 59.9 Å². The number of aliphatic hydroxyl groups is 11. The number of nitrogens with one attached hydrogen (secondary N) is 1. The quantitative estimate of drug-likeness (QED) is 0.0296. The van der Waals surface area contributed by atoms with Gasteiger partial charge in [0.1, 0.15) is 24.7 Å². The standard InChI is InChI=1S/C59H103N3O18/c1-34(18-14-12-10-11-13-17-25-62-58(60)61-9)26-38(5)55-37(4)19-15-16-20-45(64)39(6)49(68)28-42(63)27-43(78-54(74)32-53(72)73)29-44-30-51(70)56(75)59(77,80-44)33-52(71)36(3)22-23-46(65)40(7)50(69)31-48(67)35(2)21-24-47(66)41(8)57(76)79-55/h10-11,15-16,19-21,24,34-52,55-56,63-71,75,77H,12-14,17-18,22-23,25-33H2,1-9H3,(H,72,73)(H3,60,61,62)/b11-10+,19-15+,20-16+,24-21+/t34-,35-,36-,37-,38-,39+,40+,41+,42-,43-,44+,45+,46-,47+,48+,49+,50-,51-,52+,55-,56+,59-/m0/s1. The van der Waals surface area contributed by atoms with Gasteiger partial charge in [0.2, 0.25) is 0 Å². The Balaban J connectivity index is 2.43. The number of aliphatic imine (C=N–C) groups is 1. The lowest BCUT2D eigenvalue weighted by Crippen LogP contribution is -2.60. The van der Waals surface area contributed by atoms with Crippen LogP contribution in [0.25, 0.3) is 0 Å². The van der Waals surface area contributed by atoms with Gasteiger partial charge in [-0.2, -0.15) is 0 Å². The predicted molar refractivity (Wildman–Crippen MR) is 302 cm³/mol. The Kier molecular flexibility index (Phi) is 33.1. The molecule has 22 atom stereocenters. The zero-order chi connectivity index (χ0) is 60.4. The number of esters is 2. The molecule has 462 valence electrons. The summed E-state index contributed by atoms with van der Waals surface area (Å²) in [7, 11) is 1.63. The number of cyclic esters (lactones) is 1. The number of unbranched alkanes of at least 4 members (excludes halogenated alkanes) is 2. The molecule has 0 aromatic heterocycles. The molecule has 0 aromatic rings. The zero-order valence-electron chi connectivity index (χ0n) is 48.9. The summed E-state index contributed by atoms with van der Waals surface area (Å²) in [6.45, 7) is 14.8. The number of fused-ring (bicyclic) bond motifs is 2. The van der Waals surface area contributed by atoms with Crippen molar-refractivity contribution in [3.05, 3.63) is 48.6 Å². The van der Waals surface area contributed by atoms with Gasteiger partial charge in [-0.05, 0) is 76.0 Å². The molecule has 0 aromatic carbocycles. The number of rotatable bonds is 14. The van der Waals surface area contributed by atoms with Crippen molar-refractivity contribution in [1.29, 1.82) is 0 Å². The summed E-state index contributed by atoms with van der Waals surface area (Å²) in [5.41, 5.74) is 5.68. The molecule has 0 saturated carbocycles. The number of nitrogens with two attached hydrogens (primary N) is 1. The van der Waals surface area contributed by atoms with Gasteiger partial charge < -0.3 is 86.5 Å². The fraction of sp³-hybridized carbons (Fsp3) is 0.797. The van der Waals surface area contributed by atoms with Crippen molar-refractivity contribution in [1.82, 2.24) is 5.32 Å². The van der Waals surface area contributed by atoms with E-state index in [0.717, 1.165) is 45.1 Å². The molecule has 2 aliphatic rings. The summed E-state index contributed by atoms with van der Waals surface area (Å²) < 4.78 is 17.5. The van der Waals surface area contributed by atoms with E-state index in [9.17, 15) is 75.7 Å². The molecule has 80 heavy (non-hydrogen) atoms. The third-order valence-corrected chi connectivity index (χ3v) is 16.2. The van der Waals surface area contributed by atoms with Gasteiger partial charge >= 0.3 is 17.9 Å². The molecule has 0 radical (unpaired) electrons. The third kappa shape index (κ3) is 26.2. The van der Waals surface area contributed by atoms with Gasteiger partial charge in [0.25, 0.3) is 0 Å². The van der Waals surface area contributed by atoms with Crippen LogP contribution < -0.4 is 11.1 Å². The van der Waals surface area contributed by atoms with Crippen LogP contribution in [0.15, 0.2) is 53.6 Å². The summed E-state index contributed by atoms with van der Waals surface area (Å²) in [5.74, 6) is -9.43. The van der Waals surface area contributed by atoms with Crippen LogP contribution in [0.4, 0.5) is 0 Å². The van der Waals surface area contributed by atoms with E-state index in [2.05, 4.69) is 29.4 Å². The second-order valence-corrected chi connectivity index (χ2v) is 23.4. The highest BCUT2D eigenvalue weighted by Crippen LogP contribution is 2.36. The molecule has 0 aliphatic carbocycles. The lowest BCUT2D eigenvalue weighted by molar-refractivity contribution is -0.333. The van der Waals surface area contributed by atoms with Crippen molar-refractivity contribution in [2.75, 3.05) is 13.6 Å². The minimum Gasteiger partial charge on any atom is -0.481 e. The van der Waals surface area contributed by atoms with E-state index in [4.69, 9.17) is 19.9 Å². The molecule has 0 amide bonds. The summed E-state index contributed by atoms with van der Waals surface area (Å²) >= 11 is 0. The maximum absolute atomic E-state index is 13.8. The number of carboxylic acid groups (broad SMARTS) is 1. The minimum atomic E-state index is -2.54. The first-order chi connectivity index (χ1) is 37.5. The lowest BCUT2D eigenvalue weighted by Gasteiger charge is -2.45. The van der Waals surface area contributed by atoms with E-state index in [0.29, 0.717) is 5.96 Å². The van der Waals surface area contributed by atoms with Crippen molar-refractivity contribution in [3.8, 4) is 0 Å². The van der Waals surface area contributed by atoms with Gasteiger partial charge in [-0.15, -0.1) is 0 Å². The number of carboxylic acids is 1. The molecule has 2 aliphatic heterocycles. The summed E-state index contributed by atoms with van der Waals surface area (Å²) in [6.07, 6.45) is -0.165. The van der Waals surface area contributed by atoms with Crippen molar-refractivity contribution >= 4 is 23.9 Å². The van der Waals surface area contributed by atoms with E-state index >= 15 is 0 Å². The maximum atomic E-state index is 13.8. The van der Waals surface area contributed by atoms with Crippen LogP contribution in [0, 0.1) is 47.3 Å². The van der Waals surface area contributed by atoms with Crippen LogP contribution >= 0.6 is 0 Å². The highest BCUT2D eigenvalue weighted by atomic mass is 16.7. The van der Waals surface area contributed by atoms with E-state index in [-0.39, 0.29) is 62.7 Å². The Hall–Kier alpha value is -3.84. The Labute approximate surface area is 474 Å². The van der Waals surface area contributed by atoms with Crippen molar-refractivity contribution < 1.29 is 89.9 Å². The molecule has 1 saturated heterocycles. The molecule has 2 rings (SSSR count). The molecule has 15 N–H and O–H groups in total. The zero-order valence-corrected chi connectivity index (χ0v) is 48.9. The monoisotopic (exact) mass is 1140 g/mol. The molecule has 21 nitrogen and oxygen atoms in total. The van der Waals surface area contributed by atoms with Crippen LogP contribution in [0.2, 0.25) is 0 Å². The fourth-order valence-electron chi connectivity index (χ4n) is 10.3. The third-order valence-electron chi connectivity index (χ3n) is 16.2. The smallest absolute Gasteiger partial charge is 0.317 e. The summed E-state index contributed by atoms with van der Waals surface area (Å²) in [4.78, 5) is 41.7. The van der Waals surface area contributed by atoms with Crippen LogP contribution in [0.3, 0.4) is 0 Å². The van der Waals surface area contributed by atoms with Crippen LogP contribution in [-0.2, 0) is 28.6 Å². The first-order valence-electron chi connectivity index (χ1n) is 29.0. The van der Waals surface area contributed by atoms with Crippen molar-refractivity contribution in [2.24, 2.45) is 58.1 Å². The number of allylic oxidation sites excluding steroid dienone is 4. The number of aliphatic carboxylic acids is 1. The second kappa shape index (κ2) is 36.7. The van der Waals surface area contributed by atoms with E-state index in [1.165, 1.54) is 12.2 Å². The predicted octanol–water partition coefficient (Wildman–Crippen LogP) is 3.30. The van der Waals surface area contributed by atoms with Gasteiger partial charge in [0, 0.05) is 69.4 Å².